The summed E-state index contributed by atoms with van der Waals surface area (Å²) in [7, 11) is 0. The number of unbranched alkanes of at least 4 members (excludes halogenated alkanes) is 1. The zero-order valence-corrected chi connectivity index (χ0v) is 15.3. The number of carbonyl (C=O) groups excluding carboxylic acids is 1. The zero-order chi connectivity index (χ0) is 18.1. The molecule has 4 aromatic rings. The summed E-state index contributed by atoms with van der Waals surface area (Å²) in [4.78, 5) is 12.5. The van der Waals surface area contributed by atoms with E-state index in [0.717, 1.165) is 34.0 Å². The lowest BCUT2D eigenvalue weighted by Crippen LogP contribution is -2.05. The first-order chi connectivity index (χ1) is 12.7. The summed E-state index contributed by atoms with van der Waals surface area (Å²) in [6.07, 6.45) is 3.41. The normalized spacial score (nSPS) is 11.3. The number of para-hydroxylation sites is 1. The summed E-state index contributed by atoms with van der Waals surface area (Å²) in [5.74, 6) is 0.0506. The predicted octanol–water partition coefficient (Wildman–Crippen LogP) is 6.46. The summed E-state index contributed by atoms with van der Waals surface area (Å²) >= 11 is 0. The van der Waals surface area contributed by atoms with E-state index in [4.69, 9.17) is 0 Å². The Hall–Kier alpha value is -2.87. The SMILES string of the molecule is CCCCc1cc(-c2ccccc2)c2c(c1)c1ccccc1n2C(C)=O. The van der Waals surface area contributed by atoms with Gasteiger partial charge in [0.15, 0.2) is 0 Å². The van der Waals surface area contributed by atoms with Crippen LogP contribution in [-0.2, 0) is 6.42 Å². The minimum atomic E-state index is 0.0506. The highest BCUT2D eigenvalue weighted by molar-refractivity contribution is 6.17. The topological polar surface area (TPSA) is 22.0 Å². The van der Waals surface area contributed by atoms with Crippen molar-refractivity contribution in [1.29, 1.82) is 0 Å². The van der Waals surface area contributed by atoms with E-state index in [2.05, 4.69) is 49.4 Å². The van der Waals surface area contributed by atoms with E-state index < -0.39 is 0 Å². The predicted molar refractivity (Wildman–Crippen MR) is 110 cm³/mol. The molecule has 0 bridgehead atoms. The van der Waals surface area contributed by atoms with Crippen molar-refractivity contribution in [1.82, 2.24) is 4.57 Å². The number of fused-ring (bicyclic) bond motifs is 3. The largest absolute Gasteiger partial charge is 0.279 e. The molecule has 0 aliphatic rings. The van der Waals surface area contributed by atoms with Crippen LogP contribution in [0.1, 0.15) is 37.0 Å². The van der Waals surface area contributed by atoms with E-state index >= 15 is 0 Å². The third-order valence-electron chi connectivity index (χ3n) is 5.05. The third kappa shape index (κ3) is 2.72. The van der Waals surface area contributed by atoms with Crippen LogP contribution in [0.4, 0.5) is 0 Å². The van der Waals surface area contributed by atoms with Crippen LogP contribution in [0.5, 0.6) is 0 Å². The van der Waals surface area contributed by atoms with Gasteiger partial charge in [0.05, 0.1) is 11.0 Å². The van der Waals surface area contributed by atoms with Crippen LogP contribution in [0, 0.1) is 0 Å². The Morgan fingerprint density at radius 3 is 2.38 bits per heavy atom. The van der Waals surface area contributed by atoms with Crippen LogP contribution >= 0.6 is 0 Å². The Morgan fingerprint density at radius 2 is 1.65 bits per heavy atom. The lowest BCUT2D eigenvalue weighted by atomic mass is 9.96. The minimum Gasteiger partial charge on any atom is -0.279 e. The molecule has 130 valence electrons. The smallest absolute Gasteiger partial charge is 0.228 e. The van der Waals surface area contributed by atoms with Gasteiger partial charge < -0.3 is 0 Å². The highest BCUT2D eigenvalue weighted by Gasteiger charge is 2.18. The maximum Gasteiger partial charge on any atom is 0.228 e. The summed E-state index contributed by atoms with van der Waals surface area (Å²) in [6, 6.07) is 23.1. The second-order valence-corrected chi connectivity index (χ2v) is 6.88. The molecule has 26 heavy (non-hydrogen) atoms. The molecule has 1 heterocycles. The van der Waals surface area contributed by atoms with Crippen molar-refractivity contribution in [3.63, 3.8) is 0 Å². The maximum atomic E-state index is 12.5. The van der Waals surface area contributed by atoms with E-state index in [0.29, 0.717) is 0 Å². The summed E-state index contributed by atoms with van der Waals surface area (Å²) in [5.41, 5.74) is 5.64. The monoisotopic (exact) mass is 341 g/mol. The summed E-state index contributed by atoms with van der Waals surface area (Å²) in [5, 5.41) is 2.32. The van der Waals surface area contributed by atoms with Crippen molar-refractivity contribution >= 4 is 27.7 Å². The molecule has 3 aromatic carbocycles. The molecule has 2 heteroatoms. The van der Waals surface area contributed by atoms with Gasteiger partial charge in [-0.3, -0.25) is 9.36 Å². The first-order valence-corrected chi connectivity index (χ1v) is 9.33. The molecule has 0 saturated heterocycles. The molecule has 0 radical (unpaired) electrons. The molecule has 0 aliphatic carbocycles. The van der Waals surface area contributed by atoms with Gasteiger partial charge in [-0.05, 0) is 42.2 Å². The number of carbonyl (C=O) groups is 1. The van der Waals surface area contributed by atoms with Crippen LogP contribution in [0.15, 0.2) is 66.7 Å². The number of aromatic nitrogens is 1. The Kier molecular flexibility index (Phi) is 4.34. The average molecular weight is 341 g/mol. The molecular weight excluding hydrogens is 318 g/mol. The highest BCUT2D eigenvalue weighted by atomic mass is 16.1. The van der Waals surface area contributed by atoms with Gasteiger partial charge >= 0.3 is 0 Å². The molecule has 0 spiro atoms. The van der Waals surface area contributed by atoms with Gasteiger partial charge in [0.25, 0.3) is 0 Å². The number of hydrogen-bond acceptors (Lipinski definition) is 1. The van der Waals surface area contributed by atoms with E-state index in [9.17, 15) is 4.79 Å². The number of nitrogens with zero attached hydrogens (tertiary/aromatic N) is 1. The zero-order valence-electron chi connectivity index (χ0n) is 15.3. The molecule has 0 fully saturated rings. The lowest BCUT2D eigenvalue weighted by molar-refractivity contribution is 0.0946. The van der Waals surface area contributed by atoms with E-state index in [-0.39, 0.29) is 5.91 Å². The second-order valence-electron chi connectivity index (χ2n) is 6.88. The fraction of sp³-hybridized carbons (Fsp3) is 0.208. The van der Waals surface area contributed by atoms with Gasteiger partial charge in [-0.25, -0.2) is 0 Å². The van der Waals surface area contributed by atoms with Crippen LogP contribution in [-0.4, -0.2) is 10.5 Å². The van der Waals surface area contributed by atoms with Gasteiger partial charge in [-0.2, -0.15) is 0 Å². The Bertz CT molecular complexity index is 1090. The van der Waals surface area contributed by atoms with Gasteiger partial charge in [-0.1, -0.05) is 61.9 Å². The van der Waals surface area contributed by atoms with Crippen LogP contribution in [0.2, 0.25) is 0 Å². The van der Waals surface area contributed by atoms with Crippen molar-refractivity contribution in [3.8, 4) is 11.1 Å². The van der Waals surface area contributed by atoms with Gasteiger partial charge in [0, 0.05) is 23.3 Å². The number of hydrogen-bond donors (Lipinski definition) is 0. The van der Waals surface area contributed by atoms with Crippen molar-refractivity contribution in [2.45, 2.75) is 33.1 Å². The second kappa shape index (κ2) is 6.80. The Morgan fingerprint density at radius 1 is 0.923 bits per heavy atom. The fourth-order valence-electron chi connectivity index (χ4n) is 3.85. The van der Waals surface area contributed by atoms with Crippen LogP contribution < -0.4 is 0 Å². The van der Waals surface area contributed by atoms with E-state index in [1.54, 1.807) is 6.92 Å². The van der Waals surface area contributed by atoms with Gasteiger partial charge in [0.2, 0.25) is 5.91 Å². The molecule has 1 aromatic heterocycles. The first kappa shape index (κ1) is 16.6. The van der Waals surface area contributed by atoms with Crippen LogP contribution in [0.3, 0.4) is 0 Å². The number of rotatable bonds is 4. The van der Waals surface area contributed by atoms with Gasteiger partial charge in [-0.15, -0.1) is 0 Å². The minimum absolute atomic E-state index is 0.0506. The quantitative estimate of drug-likeness (QED) is 0.417. The van der Waals surface area contributed by atoms with E-state index in [1.165, 1.54) is 23.8 Å². The molecule has 0 aliphatic heterocycles. The molecule has 0 atom stereocenters. The third-order valence-corrected chi connectivity index (χ3v) is 5.05. The molecule has 4 rings (SSSR count). The fourth-order valence-corrected chi connectivity index (χ4v) is 3.85. The summed E-state index contributed by atoms with van der Waals surface area (Å²) < 4.78 is 1.87. The van der Waals surface area contributed by atoms with Crippen molar-refractivity contribution in [2.75, 3.05) is 0 Å². The Labute approximate surface area is 154 Å². The molecule has 2 nitrogen and oxygen atoms in total. The molecule has 0 saturated carbocycles. The van der Waals surface area contributed by atoms with Gasteiger partial charge in [0.1, 0.15) is 0 Å². The van der Waals surface area contributed by atoms with E-state index in [1.807, 2.05) is 28.8 Å². The maximum absolute atomic E-state index is 12.5. The molecule has 0 N–H and O–H groups in total. The lowest BCUT2D eigenvalue weighted by Gasteiger charge is -2.11. The Balaban J connectivity index is 2.14. The summed E-state index contributed by atoms with van der Waals surface area (Å²) in [6.45, 7) is 3.86. The molecular formula is C24H23NO. The number of benzene rings is 3. The molecule has 0 amide bonds. The highest BCUT2D eigenvalue weighted by Crippen LogP contribution is 2.37. The van der Waals surface area contributed by atoms with Crippen molar-refractivity contribution in [2.24, 2.45) is 0 Å². The average Bonchev–Trinajstić information content (AvgIpc) is 3.01. The van der Waals surface area contributed by atoms with Crippen molar-refractivity contribution < 1.29 is 4.79 Å². The van der Waals surface area contributed by atoms with Crippen LogP contribution in [0.25, 0.3) is 32.9 Å². The van der Waals surface area contributed by atoms with Crippen molar-refractivity contribution in [3.05, 3.63) is 72.3 Å². The molecule has 0 unspecified atom stereocenters. The number of aryl methyl sites for hydroxylation is 1. The first-order valence-electron chi connectivity index (χ1n) is 9.33. The standard InChI is InChI=1S/C24H23NO/c1-3-4-10-18-15-21(19-11-6-5-7-12-19)24-22(16-18)20-13-8-9-14-23(20)25(24)17(2)26/h5-9,11-16H,3-4,10H2,1-2H3.